The molecule has 2 aliphatic heterocycles. The van der Waals surface area contributed by atoms with Crippen LogP contribution in [0.2, 0.25) is 0 Å². The van der Waals surface area contributed by atoms with Gasteiger partial charge in [-0.25, -0.2) is 9.37 Å². The molecule has 4 heterocycles. The Kier molecular flexibility index (Phi) is 3.97. The highest BCUT2D eigenvalue weighted by atomic mass is 19.1. The van der Waals surface area contributed by atoms with Crippen molar-refractivity contribution in [2.24, 2.45) is 0 Å². The highest BCUT2D eigenvalue weighted by Crippen LogP contribution is 2.36. The third-order valence-corrected chi connectivity index (χ3v) is 4.87. The van der Waals surface area contributed by atoms with Gasteiger partial charge in [0, 0.05) is 6.54 Å². The molecule has 7 nitrogen and oxygen atoms in total. The average molecular weight is 368 g/mol. The first-order chi connectivity index (χ1) is 13.3. The third kappa shape index (κ3) is 3.12. The van der Waals surface area contributed by atoms with Gasteiger partial charge in [-0.3, -0.25) is 4.90 Å². The zero-order valence-corrected chi connectivity index (χ0v) is 14.5. The van der Waals surface area contributed by atoms with E-state index in [9.17, 15) is 4.39 Å². The molecule has 0 radical (unpaired) electrons. The fourth-order valence-corrected chi connectivity index (χ4v) is 3.55. The van der Waals surface area contributed by atoms with Crippen LogP contribution in [0.5, 0.6) is 11.5 Å². The van der Waals surface area contributed by atoms with E-state index in [0.717, 1.165) is 49.2 Å². The Bertz CT molecular complexity index is 960. The van der Waals surface area contributed by atoms with E-state index in [1.165, 1.54) is 6.07 Å². The highest BCUT2D eigenvalue weighted by molar-refractivity contribution is 5.47. The van der Waals surface area contributed by atoms with Crippen LogP contribution in [0.1, 0.15) is 30.3 Å². The summed E-state index contributed by atoms with van der Waals surface area (Å²) in [6.45, 7) is 1.98. The molecular weight excluding hydrogens is 351 g/mol. The molecule has 0 unspecified atom stereocenters. The van der Waals surface area contributed by atoms with Crippen LogP contribution in [0.4, 0.5) is 4.39 Å². The number of benzene rings is 1. The predicted molar refractivity (Wildman–Crippen MR) is 92.4 cm³/mol. The van der Waals surface area contributed by atoms with Gasteiger partial charge in [-0.05, 0) is 49.2 Å². The quantitative estimate of drug-likeness (QED) is 0.699. The van der Waals surface area contributed by atoms with Crippen molar-refractivity contribution in [3.8, 4) is 23.0 Å². The average Bonchev–Trinajstić information content (AvgIpc) is 3.42. The standard InChI is InChI=1S/C19H17FN4O3/c20-13-4-5-14(21-9-13)18-22-19(27-23-18)15-2-1-7-24(15)10-12-3-6-16-17(8-12)26-11-25-16/h3-6,8-9,15H,1-2,7,10-11H2/t15-/m0/s1. The topological polar surface area (TPSA) is 73.5 Å². The van der Waals surface area contributed by atoms with Crippen molar-refractivity contribution in [1.29, 1.82) is 0 Å². The Balaban J connectivity index is 1.34. The molecule has 1 aromatic carbocycles. The second-order valence-corrected chi connectivity index (χ2v) is 6.63. The molecule has 1 saturated heterocycles. The summed E-state index contributed by atoms with van der Waals surface area (Å²) >= 11 is 0. The minimum Gasteiger partial charge on any atom is -0.454 e. The maximum absolute atomic E-state index is 13.0. The van der Waals surface area contributed by atoms with Crippen molar-refractivity contribution in [3.63, 3.8) is 0 Å². The van der Waals surface area contributed by atoms with Gasteiger partial charge in [-0.2, -0.15) is 4.98 Å². The summed E-state index contributed by atoms with van der Waals surface area (Å²) in [5, 5.41) is 4.02. The lowest BCUT2D eigenvalue weighted by atomic mass is 10.1. The van der Waals surface area contributed by atoms with Crippen molar-refractivity contribution >= 4 is 0 Å². The van der Waals surface area contributed by atoms with Gasteiger partial charge in [0.25, 0.3) is 0 Å². The molecule has 2 aromatic heterocycles. The van der Waals surface area contributed by atoms with Gasteiger partial charge in [-0.15, -0.1) is 0 Å². The van der Waals surface area contributed by atoms with Crippen LogP contribution in [0, 0.1) is 5.82 Å². The molecule has 1 atom stereocenters. The lowest BCUT2D eigenvalue weighted by Crippen LogP contribution is -2.23. The number of ether oxygens (including phenoxy) is 2. The number of aromatic nitrogens is 3. The molecular formula is C19H17FN4O3. The van der Waals surface area contributed by atoms with E-state index >= 15 is 0 Å². The van der Waals surface area contributed by atoms with E-state index in [-0.39, 0.29) is 12.8 Å². The number of halogens is 1. The molecule has 5 rings (SSSR count). The van der Waals surface area contributed by atoms with E-state index in [1.54, 1.807) is 6.07 Å². The minimum atomic E-state index is -0.395. The molecule has 138 valence electrons. The number of hydrogen-bond donors (Lipinski definition) is 0. The number of pyridine rings is 1. The van der Waals surface area contributed by atoms with Crippen LogP contribution in [0.3, 0.4) is 0 Å². The Morgan fingerprint density at radius 1 is 1.15 bits per heavy atom. The van der Waals surface area contributed by atoms with Crippen LogP contribution in [-0.4, -0.2) is 33.4 Å². The maximum atomic E-state index is 13.0. The first-order valence-corrected chi connectivity index (χ1v) is 8.84. The monoisotopic (exact) mass is 368 g/mol. The van der Waals surface area contributed by atoms with Gasteiger partial charge in [0.1, 0.15) is 11.5 Å². The lowest BCUT2D eigenvalue weighted by molar-refractivity contribution is 0.173. The summed E-state index contributed by atoms with van der Waals surface area (Å²) in [6.07, 6.45) is 3.15. The van der Waals surface area contributed by atoms with Crippen LogP contribution in [0.25, 0.3) is 11.5 Å². The number of fused-ring (bicyclic) bond motifs is 1. The number of nitrogens with zero attached hydrogens (tertiary/aromatic N) is 4. The van der Waals surface area contributed by atoms with Gasteiger partial charge in [-0.1, -0.05) is 11.2 Å². The first kappa shape index (κ1) is 16.2. The zero-order chi connectivity index (χ0) is 18.2. The molecule has 0 amide bonds. The number of likely N-dealkylation sites (tertiary alicyclic amines) is 1. The Hall–Kier alpha value is -3.00. The summed E-state index contributed by atoms with van der Waals surface area (Å²) in [7, 11) is 0. The van der Waals surface area contributed by atoms with Crippen molar-refractivity contribution < 1.29 is 18.4 Å². The number of rotatable bonds is 4. The minimum absolute atomic E-state index is 0.0529. The van der Waals surface area contributed by atoms with E-state index in [1.807, 2.05) is 18.2 Å². The summed E-state index contributed by atoms with van der Waals surface area (Å²) in [5.74, 6) is 2.11. The zero-order valence-electron chi connectivity index (χ0n) is 14.5. The maximum Gasteiger partial charge on any atom is 0.244 e. The second kappa shape index (κ2) is 6.62. The van der Waals surface area contributed by atoms with Crippen LogP contribution < -0.4 is 9.47 Å². The van der Waals surface area contributed by atoms with E-state index in [4.69, 9.17) is 14.0 Å². The molecule has 0 bridgehead atoms. The Labute approximate surface area is 154 Å². The molecule has 1 fully saturated rings. The largest absolute Gasteiger partial charge is 0.454 e. The molecule has 0 aliphatic carbocycles. The smallest absolute Gasteiger partial charge is 0.244 e. The third-order valence-electron chi connectivity index (χ3n) is 4.87. The van der Waals surface area contributed by atoms with Crippen molar-refractivity contribution in [1.82, 2.24) is 20.0 Å². The van der Waals surface area contributed by atoms with E-state index in [2.05, 4.69) is 20.0 Å². The van der Waals surface area contributed by atoms with Gasteiger partial charge < -0.3 is 14.0 Å². The molecule has 0 saturated carbocycles. The van der Waals surface area contributed by atoms with Crippen LogP contribution >= 0.6 is 0 Å². The molecule has 0 N–H and O–H groups in total. The Morgan fingerprint density at radius 2 is 2.07 bits per heavy atom. The number of hydrogen-bond acceptors (Lipinski definition) is 7. The van der Waals surface area contributed by atoms with Crippen molar-refractivity contribution in [2.75, 3.05) is 13.3 Å². The van der Waals surface area contributed by atoms with E-state index < -0.39 is 5.82 Å². The van der Waals surface area contributed by atoms with Crippen LogP contribution in [-0.2, 0) is 6.54 Å². The predicted octanol–water partition coefficient (Wildman–Crippen LogP) is 3.34. The summed E-state index contributed by atoms with van der Waals surface area (Å²) in [6, 6.07) is 8.93. The molecule has 8 heteroatoms. The fraction of sp³-hybridized carbons (Fsp3) is 0.316. The SMILES string of the molecule is Fc1ccc(-c2noc([C@@H]3CCCN3Cc3ccc4c(c3)OCO4)n2)nc1. The van der Waals surface area contributed by atoms with Gasteiger partial charge in [0.2, 0.25) is 18.5 Å². The van der Waals surface area contributed by atoms with Gasteiger partial charge >= 0.3 is 0 Å². The first-order valence-electron chi connectivity index (χ1n) is 8.84. The molecule has 0 spiro atoms. The van der Waals surface area contributed by atoms with Crippen molar-refractivity contribution in [2.45, 2.75) is 25.4 Å². The van der Waals surface area contributed by atoms with Crippen LogP contribution in [0.15, 0.2) is 41.1 Å². The molecule has 2 aliphatic rings. The van der Waals surface area contributed by atoms with Gasteiger partial charge in [0.15, 0.2) is 11.5 Å². The van der Waals surface area contributed by atoms with Crippen molar-refractivity contribution in [3.05, 3.63) is 53.8 Å². The summed E-state index contributed by atoms with van der Waals surface area (Å²) in [5.41, 5.74) is 1.64. The Morgan fingerprint density at radius 3 is 2.96 bits per heavy atom. The molecule has 3 aromatic rings. The molecule has 27 heavy (non-hydrogen) atoms. The lowest BCUT2D eigenvalue weighted by Gasteiger charge is -2.21. The fourth-order valence-electron chi connectivity index (χ4n) is 3.55. The highest BCUT2D eigenvalue weighted by Gasteiger charge is 2.31. The summed E-state index contributed by atoms with van der Waals surface area (Å²) in [4.78, 5) is 10.8. The second-order valence-electron chi connectivity index (χ2n) is 6.63. The summed E-state index contributed by atoms with van der Waals surface area (Å²) < 4.78 is 29.4. The normalized spacial score (nSPS) is 18.9. The van der Waals surface area contributed by atoms with E-state index in [0.29, 0.717) is 17.4 Å². The van der Waals surface area contributed by atoms with Gasteiger partial charge in [0.05, 0.1) is 12.2 Å².